The second-order valence-electron chi connectivity index (χ2n) is 1.05. The molecule has 3 heteroatoms. The van der Waals surface area contributed by atoms with Crippen LogP contribution in [0.4, 0.5) is 0 Å². The fraction of sp³-hybridized carbons (Fsp3) is 0. The van der Waals surface area contributed by atoms with Gasteiger partial charge in [0, 0.05) is 6.42 Å². The van der Waals surface area contributed by atoms with Crippen molar-refractivity contribution >= 4 is 0 Å². The molecule has 0 aromatic rings. The van der Waals surface area contributed by atoms with Gasteiger partial charge in [0.2, 0.25) is 0 Å². The number of hydrogen-bond donors (Lipinski definition) is 0. The van der Waals surface area contributed by atoms with E-state index in [2.05, 4.69) is 0 Å². The standard InChI is InChI=1S/C5H5.2O.Ti/c1-2-4-5-3-1;;;/h1-5H;;;. The van der Waals surface area contributed by atoms with Crippen LogP contribution in [0.1, 0.15) is 0 Å². The van der Waals surface area contributed by atoms with Crippen LogP contribution in [0.2, 0.25) is 0 Å². The summed E-state index contributed by atoms with van der Waals surface area (Å²) in [6, 6.07) is 0. The van der Waals surface area contributed by atoms with Crippen molar-refractivity contribution < 1.29 is 25.7 Å². The summed E-state index contributed by atoms with van der Waals surface area (Å²) in [5, 5.41) is 0. The molecule has 41 valence electrons. The van der Waals surface area contributed by atoms with Gasteiger partial charge in [-0.3, -0.25) is 0 Å². The minimum absolute atomic E-state index is 2.00. The molecule has 1 radical (unpaired) electrons. The van der Waals surface area contributed by atoms with Crippen LogP contribution < -0.4 is 0 Å². The van der Waals surface area contributed by atoms with Crippen molar-refractivity contribution in [1.29, 1.82) is 0 Å². The van der Waals surface area contributed by atoms with Gasteiger partial charge in [-0.1, -0.05) is 24.3 Å². The van der Waals surface area contributed by atoms with Crippen molar-refractivity contribution in [3.05, 3.63) is 30.7 Å². The average Bonchev–Trinajstić information content (AvgIpc) is 2.17. The summed E-state index contributed by atoms with van der Waals surface area (Å²) < 4.78 is 17.0. The first-order valence-electron chi connectivity index (χ1n) is 2.07. The van der Waals surface area contributed by atoms with Crippen LogP contribution in [0.25, 0.3) is 0 Å². The van der Waals surface area contributed by atoms with Crippen LogP contribution >= 0.6 is 0 Å². The van der Waals surface area contributed by atoms with E-state index in [0.29, 0.717) is 0 Å². The molecule has 0 bridgehead atoms. The second kappa shape index (κ2) is 6.79. The third-order valence-electron chi connectivity index (χ3n) is 0.556. The predicted molar refractivity (Wildman–Crippen MR) is 24.0 cm³/mol. The van der Waals surface area contributed by atoms with Gasteiger partial charge in [0.1, 0.15) is 0 Å². The topological polar surface area (TPSA) is 34.1 Å². The Bertz CT molecular complexity index is 121. The molecule has 0 atom stereocenters. The van der Waals surface area contributed by atoms with E-state index in [1.54, 1.807) is 0 Å². The summed E-state index contributed by atoms with van der Waals surface area (Å²) in [5.41, 5.74) is 0. The Morgan fingerprint density at radius 3 is 1.38 bits per heavy atom. The summed E-state index contributed by atoms with van der Waals surface area (Å²) in [7, 11) is 0. The molecular formula is C5H5O2Ti. The average molecular weight is 145 g/mol. The van der Waals surface area contributed by atoms with Gasteiger partial charge in [-0.05, 0) is 0 Å². The molecule has 0 heterocycles. The summed E-state index contributed by atoms with van der Waals surface area (Å²) in [6.45, 7) is 0. The zero-order valence-electron chi connectivity index (χ0n) is 4.20. The van der Waals surface area contributed by atoms with Crippen LogP contribution in [0.15, 0.2) is 24.3 Å². The van der Waals surface area contributed by atoms with E-state index in [1.807, 2.05) is 30.7 Å². The molecule has 0 unspecified atom stereocenters. The second-order valence-corrected chi connectivity index (χ2v) is 1.31. The number of hydrogen-bond acceptors (Lipinski definition) is 2. The van der Waals surface area contributed by atoms with Gasteiger partial charge in [-0.15, -0.1) is 0 Å². The van der Waals surface area contributed by atoms with Gasteiger partial charge >= 0.3 is 25.7 Å². The van der Waals surface area contributed by atoms with Crippen molar-refractivity contribution in [2.24, 2.45) is 0 Å². The monoisotopic (exact) mass is 145 g/mol. The maximum atomic E-state index is 8.50. The molecule has 1 rings (SSSR count). The summed E-state index contributed by atoms with van der Waals surface area (Å²) >= 11 is -2.00. The molecule has 0 aromatic heterocycles. The molecule has 0 saturated carbocycles. The maximum absolute atomic E-state index is 8.50. The molecule has 0 N–H and O–H groups in total. The molecular weight excluding hydrogens is 140 g/mol. The van der Waals surface area contributed by atoms with Crippen molar-refractivity contribution in [2.75, 3.05) is 0 Å². The van der Waals surface area contributed by atoms with Gasteiger partial charge in [0.05, 0.1) is 0 Å². The number of rotatable bonds is 0. The van der Waals surface area contributed by atoms with Gasteiger partial charge in [0.15, 0.2) is 0 Å². The van der Waals surface area contributed by atoms with Gasteiger partial charge in [0.25, 0.3) is 0 Å². The third-order valence-corrected chi connectivity index (χ3v) is 0.556. The third kappa shape index (κ3) is 5.79. The fourth-order valence-corrected chi connectivity index (χ4v) is 0.321. The first-order chi connectivity index (χ1) is 3.91. The first-order valence-corrected chi connectivity index (χ1v) is 3.35. The van der Waals surface area contributed by atoms with E-state index in [9.17, 15) is 0 Å². The predicted octanol–water partition coefficient (Wildman–Crippen LogP) is 1.08. The van der Waals surface area contributed by atoms with Crippen LogP contribution in [0.3, 0.4) is 0 Å². The Balaban J connectivity index is 0.000000145. The Kier molecular flexibility index (Phi) is 6.62. The zero-order valence-corrected chi connectivity index (χ0v) is 5.76. The summed E-state index contributed by atoms with van der Waals surface area (Å²) in [5.74, 6) is 0. The van der Waals surface area contributed by atoms with Gasteiger partial charge in [-0.2, -0.15) is 0 Å². The van der Waals surface area contributed by atoms with E-state index in [0.717, 1.165) is 0 Å². The molecule has 0 spiro atoms. The quantitative estimate of drug-likeness (QED) is 0.478. The van der Waals surface area contributed by atoms with Gasteiger partial charge < -0.3 is 0 Å². The van der Waals surface area contributed by atoms with E-state index in [4.69, 9.17) is 6.65 Å². The van der Waals surface area contributed by atoms with Crippen molar-refractivity contribution in [2.45, 2.75) is 0 Å². The molecule has 0 aliphatic heterocycles. The Labute approximate surface area is 56.9 Å². The van der Waals surface area contributed by atoms with Crippen LogP contribution in [0.5, 0.6) is 0 Å². The molecule has 0 fully saturated rings. The molecule has 0 aromatic carbocycles. The SMILES string of the molecule is [CH]1C=CC=C1.[O]=[Ti]=[O]. The normalized spacial score (nSPS) is 12.0. The van der Waals surface area contributed by atoms with Crippen molar-refractivity contribution in [3.8, 4) is 0 Å². The Hall–Kier alpha value is -0.206. The molecule has 0 saturated heterocycles. The Morgan fingerprint density at radius 2 is 1.25 bits per heavy atom. The van der Waals surface area contributed by atoms with Crippen molar-refractivity contribution in [1.82, 2.24) is 0 Å². The van der Waals surface area contributed by atoms with E-state index in [-0.39, 0.29) is 0 Å². The van der Waals surface area contributed by atoms with Crippen LogP contribution in [-0.2, 0) is 25.7 Å². The van der Waals surface area contributed by atoms with Crippen LogP contribution in [0, 0.1) is 6.42 Å². The molecule has 8 heavy (non-hydrogen) atoms. The van der Waals surface area contributed by atoms with Crippen LogP contribution in [-0.4, -0.2) is 0 Å². The summed E-state index contributed by atoms with van der Waals surface area (Å²) in [6.07, 6.45) is 10.0. The minimum atomic E-state index is -2.00. The molecule has 1 aliphatic carbocycles. The molecule has 1 aliphatic rings. The molecule has 2 nitrogen and oxygen atoms in total. The molecule has 0 amide bonds. The first kappa shape index (κ1) is 7.79. The van der Waals surface area contributed by atoms with E-state index >= 15 is 0 Å². The summed E-state index contributed by atoms with van der Waals surface area (Å²) in [4.78, 5) is 0. The van der Waals surface area contributed by atoms with Gasteiger partial charge in [-0.25, -0.2) is 0 Å². The van der Waals surface area contributed by atoms with Crippen molar-refractivity contribution in [3.63, 3.8) is 0 Å². The van der Waals surface area contributed by atoms with E-state index < -0.39 is 19.1 Å². The Morgan fingerprint density at radius 1 is 0.875 bits per heavy atom. The zero-order chi connectivity index (χ0) is 6.24. The number of allylic oxidation sites excluding steroid dienone is 4. The fourth-order valence-electron chi connectivity index (χ4n) is 0.321. The van der Waals surface area contributed by atoms with E-state index in [1.165, 1.54) is 0 Å².